The lowest BCUT2D eigenvalue weighted by Crippen LogP contribution is -2.26. The van der Waals surface area contributed by atoms with Crippen molar-refractivity contribution in [1.82, 2.24) is 14.9 Å². The average Bonchev–Trinajstić information content (AvgIpc) is 3.23. The molecule has 0 aliphatic heterocycles. The quantitative estimate of drug-likeness (QED) is 0.504. The second-order valence-corrected chi connectivity index (χ2v) is 6.92. The van der Waals surface area contributed by atoms with E-state index in [2.05, 4.69) is 10.3 Å². The molecule has 0 aliphatic rings. The Morgan fingerprint density at radius 3 is 2.70 bits per heavy atom. The van der Waals surface area contributed by atoms with E-state index in [1.165, 1.54) is 6.07 Å². The zero-order chi connectivity index (χ0) is 21.3. The van der Waals surface area contributed by atoms with E-state index >= 15 is 0 Å². The van der Waals surface area contributed by atoms with Gasteiger partial charge in [0.2, 0.25) is 0 Å². The molecule has 0 spiro atoms. The zero-order valence-electron chi connectivity index (χ0n) is 16.0. The summed E-state index contributed by atoms with van der Waals surface area (Å²) in [6, 6.07) is 13.8. The Labute approximate surface area is 170 Å². The monoisotopic (exact) mass is 413 g/mol. The van der Waals surface area contributed by atoms with Crippen LogP contribution in [0.3, 0.4) is 0 Å². The highest BCUT2D eigenvalue weighted by atomic mass is 19.4. The molecule has 1 amide bonds. The van der Waals surface area contributed by atoms with Crippen molar-refractivity contribution in [3.8, 4) is 0 Å². The van der Waals surface area contributed by atoms with E-state index in [-0.39, 0.29) is 19.0 Å². The number of benzene rings is 1. The average molecular weight is 413 g/mol. The highest BCUT2D eigenvalue weighted by Crippen LogP contribution is 2.30. The summed E-state index contributed by atoms with van der Waals surface area (Å²) in [6.07, 6.45) is -2.80. The first-order valence-corrected chi connectivity index (χ1v) is 9.25. The highest BCUT2D eigenvalue weighted by molar-refractivity contribution is 5.97. The van der Waals surface area contributed by atoms with Crippen LogP contribution < -0.4 is 5.32 Å². The van der Waals surface area contributed by atoms with Gasteiger partial charge in [0.1, 0.15) is 11.5 Å². The van der Waals surface area contributed by atoms with E-state index in [9.17, 15) is 18.0 Å². The summed E-state index contributed by atoms with van der Waals surface area (Å²) in [7, 11) is 0. The summed E-state index contributed by atoms with van der Waals surface area (Å²) in [5.41, 5.74) is 1.85. The van der Waals surface area contributed by atoms with Crippen molar-refractivity contribution < 1.29 is 22.4 Å². The van der Waals surface area contributed by atoms with Crippen molar-refractivity contribution in [2.24, 2.45) is 0 Å². The third kappa shape index (κ3) is 4.07. The number of aryl methyl sites for hydroxylation is 1. The number of fused-ring (bicyclic) bond motifs is 1. The molecule has 0 saturated heterocycles. The number of halogens is 3. The molecule has 0 radical (unpaired) electrons. The maximum Gasteiger partial charge on any atom is 0.416 e. The predicted molar refractivity (Wildman–Crippen MR) is 105 cm³/mol. The van der Waals surface area contributed by atoms with Crippen molar-refractivity contribution in [3.63, 3.8) is 0 Å². The second-order valence-electron chi connectivity index (χ2n) is 6.92. The number of hydrogen-bond acceptors (Lipinski definition) is 3. The number of furan rings is 1. The standard InChI is InChI=1S/C22H18F3N3O2/c1-14-9-18-20(30-14)11-19(21(29)27-12-17-7-2-3-8-26-17)28(18)13-15-5-4-6-16(10-15)22(23,24)25/h2-11H,12-13H2,1H3,(H,27,29). The van der Waals surface area contributed by atoms with Gasteiger partial charge in [-0.05, 0) is 36.8 Å². The van der Waals surface area contributed by atoms with Crippen LogP contribution in [0.1, 0.15) is 33.1 Å². The molecule has 1 aromatic carbocycles. The first-order valence-electron chi connectivity index (χ1n) is 9.25. The van der Waals surface area contributed by atoms with Crippen LogP contribution in [0.25, 0.3) is 11.1 Å². The van der Waals surface area contributed by atoms with Crippen LogP contribution >= 0.6 is 0 Å². The topological polar surface area (TPSA) is 60.1 Å². The number of rotatable bonds is 5. The van der Waals surface area contributed by atoms with Crippen molar-refractivity contribution in [2.45, 2.75) is 26.2 Å². The minimum atomic E-state index is -4.43. The van der Waals surface area contributed by atoms with Gasteiger partial charge in [0, 0.05) is 24.9 Å². The normalized spacial score (nSPS) is 11.7. The number of pyridine rings is 1. The van der Waals surface area contributed by atoms with Crippen molar-refractivity contribution >= 4 is 17.0 Å². The van der Waals surface area contributed by atoms with Crippen LogP contribution in [0.2, 0.25) is 0 Å². The largest absolute Gasteiger partial charge is 0.460 e. The fourth-order valence-corrected chi connectivity index (χ4v) is 3.32. The molecule has 0 aliphatic carbocycles. The van der Waals surface area contributed by atoms with Crippen LogP contribution in [-0.2, 0) is 19.3 Å². The van der Waals surface area contributed by atoms with E-state index < -0.39 is 11.7 Å². The molecule has 0 saturated carbocycles. The van der Waals surface area contributed by atoms with Crippen molar-refractivity contribution in [2.75, 3.05) is 0 Å². The number of carbonyl (C=O) groups is 1. The molecule has 0 bridgehead atoms. The van der Waals surface area contributed by atoms with Crippen LogP contribution in [0, 0.1) is 6.92 Å². The van der Waals surface area contributed by atoms with E-state index in [0.717, 1.165) is 12.1 Å². The molecule has 30 heavy (non-hydrogen) atoms. The van der Waals surface area contributed by atoms with Crippen LogP contribution in [0.15, 0.2) is 65.2 Å². The van der Waals surface area contributed by atoms with E-state index in [1.807, 2.05) is 6.07 Å². The predicted octanol–water partition coefficient (Wildman–Crippen LogP) is 4.93. The van der Waals surface area contributed by atoms with Crippen LogP contribution in [0.5, 0.6) is 0 Å². The Hall–Kier alpha value is -3.55. The Bertz CT molecular complexity index is 1190. The molecule has 3 aromatic heterocycles. The Kier molecular flexibility index (Phi) is 5.07. The van der Waals surface area contributed by atoms with Gasteiger partial charge >= 0.3 is 6.18 Å². The lowest BCUT2D eigenvalue weighted by Gasteiger charge is -2.13. The summed E-state index contributed by atoms with van der Waals surface area (Å²) in [5, 5.41) is 2.80. The maximum atomic E-state index is 13.1. The molecule has 3 heterocycles. The second kappa shape index (κ2) is 7.70. The van der Waals surface area contributed by atoms with Gasteiger partial charge in [-0.25, -0.2) is 0 Å². The minimum Gasteiger partial charge on any atom is -0.460 e. The fourth-order valence-electron chi connectivity index (χ4n) is 3.32. The number of amides is 1. The van der Waals surface area contributed by atoms with Gasteiger partial charge < -0.3 is 14.3 Å². The molecule has 8 heteroatoms. The zero-order valence-corrected chi connectivity index (χ0v) is 16.0. The lowest BCUT2D eigenvalue weighted by atomic mass is 10.1. The summed E-state index contributed by atoms with van der Waals surface area (Å²) in [5.74, 6) is 0.287. The Balaban J connectivity index is 1.65. The van der Waals surface area contributed by atoms with Gasteiger partial charge in [-0.2, -0.15) is 13.2 Å². The van der Waals surface area contributed by atoms with Crippen molar-refractivity contribution in [3.05, 3.63) is 89.1 Å². The van der Waals surface area contributed by atoms with Crippen LogP contribution in [0.4, 0.5) is 13.2 Å². The molecule has 1 N–H and O–H groups in total. The van der Waals surface area contributed by atoms with Gasteiger partial charge in [-0.15, -0.1) is 0 Å². The van der Waals surface area contributed by atoms with Gasteiger partial charge in [-0.1, -0.05) is 18.2 Å². The molecule has 0 atom stereocenters. The van der Waals surface area contributed by atoms with Gasteiger partial charge in [-0.3, -0.25) is 9.78 Å². The SMILES string of the molecule is Cc1cc2c(cc(C(=O)NCc3ccccn3)n2Cc2cccc(C(F)(F)F)c2)o1. The number of nitrogens with one attached hydrogen (secondary N) is 1. The summed E-state index contributed by atoms with van der Waals surface area (Å²) < 4.78 is 46.5. The highest BCUT2D eigenvalue weighted by Gasteiger charge is 2.30. The number of aromatic nitrogens is 2. The lowest BCUT2D eigenvalue weighted by molar-refractivity contribution is -0.137. The van der Waals surface area contributed by atoms with Gasteiger partial charge in [0.05, 0.1) is 23.3 Å². The third-order valence-corrected chi connectivity index (χ3v) is 4.70. The first-order chi connectivity index (χ1) is 14.3. The summed E-state index contributed by atoms with van der Waals surface area (Å²) >= 11 is 0. The minimum absolute atomic E-state index is 0.0960. The van der Waals surface area contributed by atoms with E-state index in [0.29, 0.717) is 33.8 Å². The molecule has 5 nitrogen and oxygen atoms in total. The smallest absolute Gasteiger partial charge is 0.416 e. The summed E-state index contributed by atoms with van der Waals surface area (Å²) in [6.45, 7) is 2.10. The van der Waals surface area contributed by atoms with Gasteiger partial charge in [0.15, 0.2) is 5.58 Å². The molecule has 0 unspecified atom stereocenters. The number of hydrogen-bond donors (Lipinski definition) is 1. The molecular weight excluding hydrogens is 395 g/mol. The molecule has 154 valence electrons. The first kappa shape index (κ1) is 19.8. The van der Waals surface area contributed by atoms with E-state index in [1.54, 1.807) is 48.0 Å². The third-order valence-electron chi connectivity index (χ3n) is 4.70. The Morgan fingerprint density at radius 1 is 1.13 bits per heavy atom. The van der Waals surface area contributed by atoms with E-state index in [4.69, 9.17) is 4.42 Å². The molecule has 4 rings (SSSR count). The molecular formula is C22H18F3N3O2. The number of nitrogens with zero attached hydrogens (tertiary/aromatic N) is 2. The number of carbonyl (C=O) groups excluding carboxylic acids is 1. The molecule has 0 fully saturated rings. The van der Waals surface area contributed by atoms with Gasteiger partial charge in [0.25, 0.3) is 5.91 Å². The number of alkyl halides is 3. The van der Waals surface area contributed by atoms with Crippen LogP contribution in [-0.4, -0.2) is 15.5 Å². The molecule has 4 aromatic rings. The summed E-state index contributed by atoms with van der Waals surface area (Å²) in [4.78, 5) is 17.0. The van der Waals surface area contributed by atoms with Crippen molar-refractivity contribution in [1.29, 1.82) is 0 Å². The Morgan fingerprint density at radius 2 is 1.97 bits per heavy atom. The maximum absolute atomic E-state index is 13.1. The fraction of sp³-hybridized carbons (Fsp3) is 0.182.